The lowest BCUT2D eigenvalue weighted by Gasteiger charge is -2.29. The van der Waals surface area contributed by atoms with E-state index in [0.29, 0.717) is 12.2 Å². The molecule has 4 atom stereocenters. The summed E-state index contributed by atoms with van der Waals surface area (Å²) < 4.78 is 54.7. The van der Waals surface area contributed by atoms with E-state index in [9.17, 15) is 23.3 Å². The van der Waals surface area contributed by atoms with Crippen LogP contribution in [0.1, 0.15) is 48.3 Å². The summed E-state index contributed by atoms with van der Waals surface area (Å²) in [6.45, 7) is 1.89. The van der Waals surface area contributed by atoms with Crippen molar-refractivity contribution in [2.75, 3.05) is 13.2 Å². The van der Waals surface area contributed by atoms with Crippen molar-refractivity contribution in [1.29, 1.82) is 0 Å². The van der Waals surface area contributed by atoms with Crippen molar-refractivity contribution < 1.29 is 36.8 Å². The smallest absolute Gasteiger partial charge is 0.462 e. The highest BCUT2D eigenvalue weighted by molar-refractivity contribution is 7.48. The van der Waals surface area contributed by atoms with Gasteiger partial charge in [-0.05, 0) is 18.1 Å². The van der Waals surface area contributed by atoms with Crippen LogP contribution >= 0.6 is 7.82 Å². The highest BCUT2D eigenvalue weighted by Crippen LogP contribution is 2.57. The lowest BCUT2D eigenvalue weighted by atomic mass is 10.1. The molecule has 2 fully saturated rings. The average Bonchev–Trinajstić information content (AvgIpc) is 3.23. The first-order valence-electron chi connectivity index (χ1n) is 10.8. The summed E-state index contributed by atoms with van der Waals surface area (Å²) in [6, 6.07) is 6.60. The summed E-state index contributed by atoms with van der Waals surface area (Å²) in [4.78, 5) is 37.5. The standard InChI is InChI=1S/C21H24FN2O9P/c1-2-3-8-29-20(26)14-7-5-4-6-13(14)11-30-34(28)31-12-17-16(33-34)9-18(32-17)24-10-15(22)19(25)23-21(24)27/h4-7,10,16-18H,2-3,8-9,11-12H2,1H3,(H,23,25,27)/t16-,17+,18+,34?/m0/s1. The van der Waals surface area contributed by atoms with E-state index in [4.69, 9.17) is 23.0 Å². The van der Waals surface area contributed by atoms with Crippen LogP contribution in [0, 0.1) is 5.82 Å². The first-order valence-corrected chi connectivity index (χ1v) is 12.2. The molecule has 2 aliphatic rings. The third-order valence-electron chi connectivity index (χ3n) is 5.42. The molecule has 13 heteroatoms. The highest BCUT2D eigenvalue weighted by atomic mass is 31.2. The zero-order chi connectivity index (χ0) is 24.3. The molecule has 0 amide bonds. The molecule has 0 radical (unpaired) electrons. The zero-order valence-electron chi connectivity index (χ0n) is 18.3. The second-order valence-electron chi connectivity index (χ2n) is 7.82. The number of hydrogen-bond donors (Lipinski definition) is 1. The second-order valence-corrected chi connectivity index (χ2v) is 9.44. The van der Waals surface area contributed by atoms with Gasteiger partial charge >= 0.3 is 19.5 Å². The fourth-order valence-electron chi connectivity index (χ4n) is 3.62. The molecule has 4 rings (SSSR count). The lowest BCUT2D eigenvalue weighted by molar-refractivity contribution is -0.0732. The maximum absolute atomic E-state index is 13.6. The molecule has 34 heavy (non-hydrogen) atoms. The number of carbonyl (C=O) groups excluding carboxylic acids is 1. The van der Waals surface area contributed by atoms with Gasteiger partial charge in [0.15, 0.2) is 0 Å². The van der Waals surface area contributed by atoms with Crippen molar-refractivity contribution in [3.8, 4) is 0 Å². The molecule has 1 unspecified atom stereocenters. The van der Waals surface area contributed by atoms with Gasteiger partial charge in [-0.2, -0.15) is 4.39 Å². The molecule has 1 aromatic carbocycles. The van der Waals surface area contributed by atoms with E-state index in [-0.39, 0.29) is 25.2 Å². The monoisotopic (exact) mass is 498 g/mol. The van der Waals surface area contributed by atoms with Gasteiger partial charge in [0.2, 0.25) is 5.82 Å². The Bertz CT molecular complexity index is 1210. The summed E-state index contributed by atoms with van der Waals surface area (Å²) in [7, 11) is -4.02. The lowest BCUT2D eigenvalue weighted by Crippen LogP contribution is -2.34. The minimum atomic E-state index is -4.02. The first kappa shape index (κ1) is 24.5. The number of phosphoric ester groups is 1. The molecule has 3 heterocycles. The van der Waals surface area contributed by atoms with E-state index >= 15 is 0 Å². The van der Waals surface area contributed by atoms with Crippen LogP contribution in [0.4, 0.5) is 4.39 Å². The van der Waals surface area contributed by atoms with E-state index < -0.39 is 49.3 Å². The average molecular weight is 498 g/mol. The number of aromatic amines is 1. The van der Waals surface area contributed by atoms with Gasteiger partial charge in [-0.25, -0.2) is 14.2 Å². The largest absolute Gasteiger partial charge is 0.475 e. The van der Waals surface area contributed by atoms with Gasteiger partial charge in [0.05, 0.1) is 31.6 Å². The summed E-state index contributed by atoms with van der Waals surface area (Å²) in [5.74, 6) is -1.65. The fraction of sp³-hybridized carbons (Fsp3) is 0.476. The van der Waals surface area contributed by atoms with Gasteiger partial charge in [-0.1, -0.05) is 31.5 Å². The Labute approximate surface area is 193 Å². The number of fused-ring (bicyclic) bond motifs is 1. The molecule has 2 saturated heterocycles. The molecule has 0 saturated carbocycles. The van der Waals surface area contributed by atoms with E-state index in [1.54, 1.807) is 24.3 Å². The number of nitrogens with one attached hydrogen (secondary N) is 1. The zero-order valence-corrected chi connectivity index (χ0v) is 19.2. The van der Waals surface area contributed by atoms with Crippen LogP contribution in [0.25, 0.3) is 0 Å². The Morgan fingerprint density at radius 2 is 2.09 bits per heavy atom. The van der Waals surface area contributed by atoms with E-state index in [2.05, 4.69) is 0 Å². The molecule has 2 aromatic rings. The maximum Gasteiger partial charge on any atom is 0.475 e. The van der Waals surface area contributed by atoms with Gasteiger partial charge in [0.1, 0.15) is 18.4 Å². The minimum absolute atomic E-state index is 0.0487. The normalized spacial score (nSPS) is 26.2. The van der Waals surface area contributed by atoms with Gasteiger partial charge in [-0.15, -0.1) is 0 Å². The van der Waals surface area contributed by atoms with Crippen LogP contribution in [0.15, 0.2) is 40.1 Å². The number of rotatable bonds is 8. The quantitative estimate of drug-likeness (QED) is 0.331. The van der Waals surface area contributed by atoms with E-state index in [0.717, 1.165) is 23.6 Å². The molecule has 0 spiro atoms. The number of nitrogens with zero attached hydrogens (tertiary/aromatic N) is 1. The van der Waals surface area contributed by atoms with Gasteiger partial charge in [0, 0.05) is 6.42 Å². The van der Waals surface area contributed by atoms with Crippen LogP contribution in [0.3, 0.4) is 0 Å². The molecule has 0 aliphatic carbocycles. The number of hydrogen-bond acceptors (Lipinski definition) is 9. The SMILES string of the molecule is CCCCOC(=O)c1ccccc1COP1(=O)OC[C@H]2O[C@@H](n3cc(F)c(=O)[nH]c3=O)C[C@@H]2O1. The van der Waals surface area contributed by atoms with Crippen LogP contribution in [0.2, 0.25) is 0 Å². The summed E-state index contributed by atoms with van der Waals surface area (Å²) in [5.41, 5.74) is -1.25. The second kappa shape index (κ2) is 10.3. The van der Waals surface area contributed by atoms with E-state index in [1.165, 1.54) is 0 Å². The predicted octanol–water partition coefficient (Wildman–Crippen LogP) is 2.66. The predicted molar refractivity (Wildman–Crippen MR) is 115 cm³/mol. The molecule has 184 valence electrons. The van der Waals surface area contributed by atoms with Crippen molar-refractivity contribution in [3.05, 3.63) is 68.2 Å². The van der Waals surface area contributed by atoms with Crippen molar-refractivity contribution >= 4 is 13.8 Å². The Morgan fingerprint density at radius 1 is 1.29 bits per heavy atom. The number of ether oxygens (including phenoxy) is 2. The molecule has 2 aliphatic heterocycles. The Balaban J connectivity index is 1.40. The molecule has 1 aromatic heterocycles. The maximum atomic E-state index is 13.6. The topological polar surface area (TPSA) is 135 Å². The minimum Gasteiger partial charge on any atom is -0.462 e. The number of H-pyrrole nitrogens is 1. The molecule has 11 nitrogen and oxygen atoms in total. The number of benzene rings is 1. The van der Waals surface area contributed by atoms with E-state index in [1.807, 2.05) is 11.9 Å². The Kier molecular flexibility index (Phi) is 7.44. The third-order valence-corrected chi connectivity index (χ3v) is 6.86. The number of phosphoric acid groups is 1. The van der Waals surface area contributed by atoms with Crippen LogP contribution in [-0.4, -0.2) is 40.9 Å². The molecule has 0 bridgehead atoms. The number of aromatic nitrogens is 2. The first-order chi connectivity index (χ1) is 16.3. The fourth-order valence-corrected chi connectivity index (χ4v) is 4.99. The number of carbonyl (C=O) groups is 1. The van der Waals surface area contributed by atoms with Crippen LogP contribution in [0.5, 0.6) is 0 Å². The van der Waals surface area contributed by atoms with Crippen molar-refractivity contribution in [2.45, 2.75) is 51.2 Å². The highest BCUT2D eigenvalue weighted by Gasteiger charge is 2.48. The number of unbranched alkanes of at least 4 members (excludes halogenated alkanes) is 1. The van der Waals surface area contributed by atoms with Gasteiger partial charge < -0.3 is 9.47 Å². The number of halogens is 1. The molecular weight excluding hydrogens is 474 g/mol. The van der Waals surface area contributed by atoms with Gasteiger partial charge in [0.25, 0.3) is 5.56 Å². The van der Waals surface area contributed by atoms with Crippen molar-refractivity contribution in [2.24, 2.45) is 0 Å². The van der Waals surface area contributed by atoms with Crippen molar-refractivity contribution in [3.63, 3.8) is 0 Å². The van der Waals surface area contributed by atoms with Crippen molar-refractivity contribution in [1.82, 2.24) is 9.55 Å². The molecular formula is C21H24FN2O9P. The number of esters is 1. The summed E-state index contributed by atoms with van der Waals surface area (Å²) in [5, 5.41) is 0. The Morgan fingerprint density at radius 3 is 2.88 bits per heavy atom. The summed E-state index contributed by atoms with van der Waals surface area (Å²) >= 11 is 0. The van der Waals surface area contributed by atoms with Crippen LogP contribution in [-0.2, 0) is 34.2 Å². The van der Waals surface area contributed by atoms with Gasteiger partial charge in [-0.3, -0.25) is 27.9 Å². The molecule has 1 N–H and O–H groups in total. The third kappa shape index (κ3) is 5.37. The summed E-state index contributed by atoms with van der Waals surface area (Å²) in [6.07, 6.45) is 0.0184. The Hall–Kier alpha value is -2.63. The van der Waals surface area contributed by atoms with Crippen LogP contribution < -0.4 is 11.2 Å².